The van der Waals surface area contributed by atoms with Gasteiger partial charge < -0.3 is 0 Å². The van der Waals surface area contributed by atoms with Gasteiger partial charge in [0.25, 0.3) is 0 Å². The van der Waals surface area contributed by atoms with Crippen LogP contribution in [0.1, 0.15) is 50.7 Å². The van der Waals surface area contributed by atoms with Crippen LogP contribution in [0.15, 0.2) is 79.0 Å². The first kappa shape index (κ1) is 20.0. The molecule has 0 unspecified atom stereocenters. The fourth-order valence-corrected chi connectivity index (χ4v) is 5.58. The molecule has 0 bridgehead atoms. The Morgan fingerprint density at radius 2 is 1.52 bits per heavy atom. The third-order valence-electron chi connectivity index (χ3n) is 6.05. The summed E-state index contributed by atoms with van der Waals surface area (Å²) >= 11 is 1.90. The second kappa shape index (κ2) is 7.94. The summed E-state index contributed by atoms with van der Waals surface area (Å²) in [5, 5.41) is 3.79. The topological polar surface area (TPSA) is 12.9 Å². The molecular weight excluding hydrogens is 394 g/mol. The molecule has 0 saturated heterocycles. The van der Waals surface area contributed by atoms with Crippen LogP contribution in [0.4, 0.5) is 0 Å². The van der Waals surface area contributed by atoms with Crippen molar-refractivity contribution in [2.24, 2.45) is 0 Å². The maximum absolute atomic E-state index is 4.83. The molecule has 0 atom stereocenters. The van der Waals surface area contributed by atoms with E-state index in [4.69, 9.17) is 4.98 Å². The lowest BCUT2D eigenvalue weighted by Crippen LogP contribution is -1.93. The second-order valence-corrected chi connectivity index (χ2v) is 9.96. The molecule has 154 valence electrons. The number of aromatic nitrogens is 1. The molecule has 2 heteroatoms. The van der Waals surface area contributed by atoms with E-state index in [1.54, 1.807) is 0 Å². The summed E-state index contributed by atoms with van der Waals surface area (Å²) in [7, 11) is 0. The van der Waals surface area contributed by atoms with E-state index >= 15 is 0 Å². The predicted octanol–water partition coefficient (Wildman–Crippen LogP) is 9.03. The van der Waals surface area contributed by atoms with Crippen LogP contribution in [0, 0.1) is 0 Å². The third-order valence-corrected chi connectivity index (χ3v) is 7.30. The van der Waals surface area contributed by atoms with Gasteiger partial charge in [-0.3, -0.25) is 4.98 Å². The maximum Gasteiger partial charge on any atom is 0.0780 e. The minimum atomic E-state index is 0.451. The Labute approximate surface area is 188 Å². The van der Waals surface area contributed by atoms with Crippen molar-refractivity contribution in [2.75, 3.05) is 0 Å². The zero-order valence-corrected chi connectivity index (χ0v) is 19.3. The molecule has 31 heavy (non-hydrogen) atoms. The molecule has 2 aromatic heterocycles. The van der Waals surface area contributed by atoms with Crippen LogP contribution < -0.4 is 0 Å². The summed E-state index contributed by atoms with van der Waals surface area (Å²) in [5.41, 5.74) is 6.33. The van der Waals surface area contributed by atoms with Crippen molar-refractivity contribution < 1.29 is 0 Å². The van der Waals surface area contributed by atoms with Gasteiger partial charge in [0.15, 0.2) is 0 Å². The highest BCUT2D eigenvalue weighted by molar-refractivity contribution is 7.22. The molecule has 0 aliphatic carbocycles. The summed E-state index contributed by atoms with van der Waals surface area (Å²) < 4.78 is 1.39. The van der Waals surface area contributed by atoms with Gasteiger partial charge in [-0.05, 0) is 63.6 Å². The fraction of sp³-hybridized carbons (Fsp3) is 0.207. The van der Waals surface area contributed by atoms with Gasteiger partial charge in [0.1, 0.15) is 0 Å². The molecule has 0 amide bonds. The molecule has 0 N–H and O–H groups in total. The van der Waals surface area contributed by atoms with Gasteiger partial charge in [-0.25, -0.2) is 0 Å². The molecule has 5 rings (SSSR count). The van der Waals surface area contributed by atoms with Crippen LogP contribution in [0.5, 0.6) is 0 Å². The second-order valence-electron chi connectivity index (χ2n) is 8.91. The largest absolute Gasteiger partial charge is 0.256 e. The van der Waals surface area contributed by atoms with E-state index < -0.39 is 0 Å². The summed E-state index contributed by atoms with van der Waals surface area (Å²) in [5.74, 6) is 0.972. The molecule has 0 fully saturated rings. The van der Waals surface area contributed by atoms with Crippen LogP contribution in [-0.4, -0.2) is 4.98 Å². The molecule has 0 radical (unpaired) electrons. The number of hydrogen-bond donors (Lipinski definition) is 0. The lowest BCUT2D eigenvalue weighted by Gasteiger charge is -2.13. The zero-order chi connectivity index (χ0) is 21.5. The minimum absolute atomic E-state index is 0.451. The van der Waals surface area contributed by atoms with Gasteiger partial charge in [0.05, 0.1) is 5.69 Å². The van der Waals surface area contributed by atoms with Crippen LogP contribution in [-0.2, 0) is 0 Å². The van der Waals surface area contributed by atoms with Crippen molar-refractivity contribution in [3.8, 4) is 21.7 Å². The Kier molecular flexibility index (Phi) is 5.11. The first-order valence-electron chi connectivity index (χ1n) is 11.0. The Hall–Kier alpha value is -2.97. The molecule has 2 heterocycles. The lowest BCUT2D eigenvalue weighted by atomic mass is 9.94. The standard InChI is InChI=1S/C29H27NS/c1-18(2)21-10-11-25-22(14-21)12-13-30-28(25)23-15-24-17-27(20-8-6-5-7-9-20)31-29(24)26(16-23)19(3)4/h5-19H,1-4H3. The van der Waals surface area contributed by atoms with Crippen LogP contribution >= 0.6 is 11.3 Å². The number of pyridine rings is 1. The Morgan fingerprint density at radius 1 is 0.710 bits per heavy atom. The number of benzene rings is 3. The van der Waals surface area contributed by atoms with Gasteiger partial charge in [0.2, 0.25) is 0 Å². The van der Waals surface area contributed by atoms with Crippen LogP contribution in [0.2, 0.25) is 0 Å². The van der Waals surface area contributed by atoms with E-state index in [9.17, 15) is 0 Å². The van der Waals surface area contributed by atoms with Crippen molar-refractivity contribution in [3.63, 3.8) is 0 Å². The fourth-order valence-electron chi connectivity index (χ4n) is 4.28. The van der Waals surface area contributed by atoms with Crippen molar-refractivity contribution in [1.82, 2.24) is 4.98 Å². The highest BCUT2D eigenvalue weighted by atomic mass is 32.1. The summed E-state index contributed by atoms with van der Waals surface area (Å²) in [4.78, 5) is 6.15. The number of rotatable bonds is 4. The first-order valence-corrected chi connectivity index (χ1v) is 11.8. The molecule has 1 nitrogen and oxygen atoms in total. The number of nitrogens with zero attached hydrogens (tertiary/aromatic N) is 1. The van der Waals surface area contributed by atoms with Crippen molar-refractivity contribution >= 4 is 32.2 Å². The number of hydrogen-bond acceptors (Lipinski definition) is 2. The Morgan fingerprint density at radius 3 is 2.26 bits per heavy atom. The molecule has 0 aliphatic heterocycles. The molecule has 0 aliphatic rings. The Balaban J connectivity index is 1.72. The van der Waals surface area contributed by atoms with Crippen molar-refractivity contribution in [1.29, 1.82) is 0 Å². The highest BCUT2D eigenvalue weighted by Crippen LogP contribution is 2.41. The van der Waals surface area contributed by atoms with E-state index in [2.05, 4.69) is 100 Å². The smallest absolute Gasteiger partial charge is 0.0780 e. The number of fused-ring (bicyclic) bond motifs is 2. The van der Waals surface area contributed by atoms with E-state index in [0.717, 1.165) is 5.69 Å². The minimum Gasteiger partial charge on any atom is -0.256 e. The normalized spacial score (nSPS) is 11.8. The quantitative estimate of drug-likeness (QED) is 0.282. The predicted molar refractivity (Wildman–Crippen MR) is 136 cm³/mol. The monoisotopic (exact) mass is 421 g/mol. The van der Waals surface area contributed by atoms with E-state index in [0.29, 0.717) is 11.8 Å². The molecule has 0 saturated carbocycles. The van der Waals surface area contributed by atoms with E-state index in [1.165, 1.54) is 48.0 Å². The van der Waals surface area contributed by atoms with Crippen LogP contribution in [0.3, 0.4) is 0 Å². The molecule has 5 aromatic rings. The molecule has 3 aromatic carbocycles. The van der Waals surface area contributed by atoms with E-state index in [-0.39, 0.29) is 0 Å². The zero-order valence-electron chi connectivity index (χ0n) is 18.5. The first-order chi connectivity index (χ1) is 15.0. The van der Waals surface area contributed by atoms with E-state index in [1.807, 2.05) is 17.5 Å². The summed E-state index contributed by atoms with van der Waals surface area (Å²) in [6, 6.07) is 26.6. The summed E-state index contributed by atoms with van der Waals surface area (Å²) in [6.07, 6.45) is 1.95. The third kappa shape index (κ3) is 3.66. The van der Waals surface area contributed by atoms with Crippen molar-refractivity contribution in [3.05, 3.63) is 90.1 Å². The molecule has 0 spiro atoms. The SMILES string of the molecule is CC(C)c1ccc2c(-c3cc(C(C)C)c4sc(-c5ccccc5)cc4c3)nccc2c1. The highest BCUT2D eigenvalue weighted by Gasteiger charge is 2.15. The van der Waals surface area contributed by atoms with Crippen molar-refractivity contribution in [2.45, 2.75) is 39.5 Å². The van der Waals surface area contributed by atoms with Gasteiger partial charge >= 0.3 is 0 Å². The van der Waals surface area contributed by atoms with Crippen LogP contribution in [0.25, 0.3) is 42.6 Å². The Bertz CT molecular complexity index is 1380. The maximum atomic E-state index is 4.83. The average molecular weight is 422 g/mol. The average Bonchev–Trinajstić information content (AvgIpc) is 3.22. The van der Waals surface area contributed by atoms with Gasteiger partial charge in [-0.1, -0.05) is 76.2 Å². The number of thiophene rings is 1. The van der Waals surface area contributed by atoms with Gasteiger partial charge in [0, 0.05) is 26.7 Å². The summed E-state index contributed by atoms with van der Waals surface area (Å²) in [6.45, 7) is 9.05. The lowest BCUT2D eigenvalue weighted by molar-refractivity contribution is 0.869. The van der Waals surface area contributed by atoms with Gasteiger partial charge in [-0.15, -0.1) is 11.3 Å². The molecular formula is C29H27NS. The van der Waals surface area contributed by atoms with Gasteiger partial charge in [-0.2, -0.15) is 0 Å².